The van der Waals surface area contributed by atoms with E-state index in [1.165, 1.54) is 33.0 Å². The number of hydrogen-bond acceptors (Lipinski definition) is 4. The molecular weight excluding hydrogens is 779 g/mol. The van der Waals surface area contributed by atoms with Gasteiger partial charge in [0.1, 0.15) is 0 Å². The lowest BCUT2D eigenvalue weighted by Gasteiger charge is -2.21. The Morgan fingerprint density at radius 3 is 1.55 bits per heavy atom. The summed E-state index contributed by atoms with van der Waals surface area (Å²) in [5.74, 6) is 1.82. The summed E-state index contributed by atoms with van der Waals surface area (Å²) in [4.78, 5) is 20.9. The van der Waals surface area contributed by atoms with Crippen LogP contribution in [0.25, 0.3) is 106 Å². The van der Waals surface area contributed by atoms with Crippen molar-refractivity contribution in [3.8, 4) is 84.6 Å². The van der Waals surface area contributed by atoms with Crippen LogP contribution < -0.4 is 0 Å². The zero-order chi connectivity index (χ0) is 42.8. The molecular formula is C59H41N5. The Morgan fingerprint density at radius 1 is 0.328 bits per heavy atom. The SMILES string of the molecule is CC1(C)c2ccccc2-c2cc3c(cc21)c1ccccc1n3-c1ccc(-c2nc(-c3ccccc3)nc(-c3ccccc3)n2)cc1-c1cc(-c2ccccc2)cc(-c2ccccc2)n1. The lowest BCUT2D eigenvalue weighted by Crippen LogP contribution is -2.14. The molecule has 0 N–H and O–H groups in total. The number of aromatic nitrogens is 5. The van der Waals surface area contributed by atoms with Crippen LogP contribution in [0.2, 0.25) is 0 Å². The summed E-state index contributed by atoms with van der Waals surface area (Å²) in [5, 5.41) is 2.43. The van der Waals surface area contributed by atoms with E-state index < -0.39 is 0 Å². The Bertz CT molecular complexity index is 3440. The summed E-state index contributed by atoms with van der Waals surface area (Å²) < 4.78 is 2.44. The van der Waals surface area contributed by atoms with Crippen LogP contribution in [-0.2, 0) is 5.41 Å². The topological polar surface area (TPSA) is 56.5 Å². The summed E-state index contributed by atoms with van der Waals surface area (Å²) in [6.07, 6.45) is 0. The van der Waals surface area contributed by atoms with E-state index in [-0.39, 0.29) is 5.41 Å². The fourth-order valence-electron chi connectivity index (χ4n) is 9.66. The summed E-state index contributed by atoms with van der Waals surface area (Å²) in [7, 11) is 0. The minimum atomic E-state index is -0.131. The number of benzene rings is 8. The maximum atomic E-state index is 5.54. The van der Waals surface area contributed by atoms with Crippen LogP contribution in [0.5, 0.6) is 0 Å². The zero-order valence-corrected chi connectivity index (χ0v) is 35.4. The van der Waals surface area contributed by atoms with Crippen molar-refractivity contribution in [3.05, 3.63) is 223 Å². The Morgan fingerprint density at radius 2 is 0.875 bits per heavy atom. The van der Waals surface area contributed by atoms with E-state index in [1.54, 1.807) is 0 Å². The van der Waals surface area contributed by atoms with Gasteiger partial charge in [0.05, 0.1) is 28.1 Å². The largest absolute Gasteiger partial charge is 0.309 e. The number of fused-ring (bicyclic) bond motifs is 6. The average molecular weight is 820 g/mol. The minimum Gasteiger partial charge on any atom is -0.309 e. The van der Waals surface area contributed by atoms with Gasteiger partial charge in [-0.15, -0.1) is 0 Å². The predicted molar refractivity (Wildman–Crippen MR) is 262 cm³/mol. The molecule has 0 unspecified atom stereocenters. The Hall–Kier alpha value is -8.28. The van der Waals surface area contributed by atoms with Gasteiger partial charge < -0.3 is 4.57 Å². The monoisotopic (exact) mass is 819 g/mol. The van der Waals surface area contributed by atoms with Gasteiger partial charge in [0.2, 0.25) is 0 Å². The van der Waals surface area contributed by atoms with Crippen LogP contribution >= 0.6 is 0 Å². The molecule has 0 atom stereocenters. The molecule has 11 aromatic rings. The van der Waals surface area contributed by atoms with E-state index >= 15 is 0 Å². The molecule has 0 saturated heterocycles. The van der Waals surface area contributed by atoms with Crippen LogP contribution in [-0.4, -0.2) is 24.5 Å². The number of rotatable bonds is 7. The molecule has 8 aromatic carbocycles. The van der Waals surface area contributed by atoms with Crippen molar-refractivity contribution < 1.29 is 0 Å². The molecule has 0 bridgehead atoms. The van der Waals surface area contributed by atoms with Crippen molar-refractivity contribution in [1.29, 1.82) is 0 Å². The van der Waals surface area contributed by atoms with E-state index in [2.05, 4.69) is 164 Å². The number of para-hydroxylation sites is 1. The van der Waals surface area contributed by atoms with Crippen molar-refractivity contribution in [2.24, 2.45) is 0 Å². The van der Waals surface area contributed by atoms with Crippen molar-refractivity contribution in [2.45, 2.75) is 19.3 Å². The quantitative estimate of drug-likeness (QED) is 0.161. The predicted octanol–water partition coefficient (Wildman–Crippen LogP) is 14.7. The first-order chi connectivity index (χ1) is 31.5. The second-order valence-corrected chi connectivity index (χ2v) is 17.1. The molecule has 1 aliphatic carbocycles. The van der Waals surface area contributed by atoms with E-state index in [1.807, 2.05) is 66.7 Å². The molecule has 5 heteroatoms. The van der Waals surface area contributed by atoms with Crippen molar-refractivity contribution in [2.75, 3.05) is 0 Å². The molecule has 0 spiro atoms. The number of hydrogen-bond donors (Lipinski definition) is 0. The average Bonchev–Trinajstić information content (AvgIpc) is 3.81. The highest BCUT2D eigenvalue weighted by Crippen LogP contribution is 2.51. The Balaban J connectivity index is 1.16. The van der Waals surface area contributed by atoms with E-state index in [0.29, 0.717) is 17.5 Å². The first-order valence-corrected chi connectivity index (χ1v) is 21.8. The Kier molecular flexibility index (Phi) is 8.76. The number of nitrogens with zero attached hydrogens (tertiary/aromatic N) is 5. The van der Waals surface area contributed by atoms with Gasteiger partial charge >= 0.3 is 0 Å². The molecule has 0 saturated carbocycles. The van der Waals surface area contributed by atoms with Gasteiger partial charge in [0, 0.05) is 44.0 Å². The van der Waals surface area contributed by atoms with Gasteiger partial charge in [-0.1, -0.05) is 178 Å². The van der Waals surface area contributed by atoms with Crippen LogP contribution in [0.15, 0.2) is 212 Å². The van der Waals surface area contributed by atoms with E-state index in [4.69, 9.17) is 19.9 Å². The molecule has 64 heavy (non-hydrogen) atoms. The van der Waals surface area contributed by atoms with Crippen LogP contribution in [0.4, 0.5) is 0 Å². The second-order valence-electron chi connectivity index (χ2n) is 17.1. The molecule has 302 valence electrons. The van der Waals surface area contributed by atoms with Crippen LogP contribution in [0.3, 0.4) is 0 Å². The molecule has 3 aromatic heterocycles. The Labute approximate surface area is 372 Å². The van der Waals surface area contributed by atoms with Gasteiger partial charge in [-0.3, -0.25) is 0 Å². The fraction of sp³-hybridized carbons (Fsp3) is 0.0508. The lowest BCUT2D eigenvalue weighted by atomic mass is 9.82. The van der Waals surface area contributed by atoms with Gasteiger partial charge in [0.25, 0.3) is 0 Å². The third-order valence-electron chi connectivity index (χ3n) is 12.8. The molecule has 0 aliphatic heterocycles. The smallest absolute Gasteiger partial charge is 0.164 e. The third-order valence-corrected chi connectivity index (χ3v) is 12.8. The van der Waals surface area contributed by atoms with Crippen LogP contribution in [0.1, 0.15) is 25.0 Å². The van der Waals surface area contributed by atoms with E-state index in [0.717, 1.165) is 67.1 Å². The van der Waals surface area contributed by atoms with E-state index in [9.17, 15) is 0 Å². The molecule has 3 heterocycles. The van der Waals surface area contributed by atoms with Gasteiger partial charge in [-0.2, -0.15) is 0 Å². The fourth-order valence-corrected chi connectivity index (χ4v) is 9.66. The highest BCUT2D eigenvalue weighted by atomic mass is 15.0. The first kappa shape index (κ1) is 37.5. The maximum Gasteiger partial charge on any atom is 0.164 e. The highest BCUT2D eigenvalue weighted by Gasteiger charge is 2.36. The van der Waals surface area contributed by atoms with Crippen molar-refractivity contribution in [3.63, 3.8) is 0 Å². The zero-order valence-electron chi connectivity index (χ0n) is 35.4. The normalized spacial score (nSPS) is 12.7. The standard InChI is InChI=1S/C59H41N5/c1-59(2)49-29-17-15-27-44(49)46-37-55-47(36-50(46)59)45-28-16-18-30-53(45)64(55)54-32-31-42(58-62-56(40-23-11-5-12-24-40)61-57(63-58)41-25-13-6-14-26-41)33-48(54)52-35-43(38-19-7-3-8-20-38)34-51(60-52)39-21-9-4-10-22-39/h3-37H,1-2H3. The van der Waals surface area contributed by atoms with Crippen LogP contribution in [0, 0.1) is 0 Å². The molecule has 12 rings (SSSR count). The summed E-state index contributed by atoms with van der Waals surface area (Å²) in [5.41, 5.74) is 17.1. The van der Waals surface area contributed by atoms with Gasteiger partial charge in [-0.25, -0.2) is 19.9 Å². The lowest BCUT2D eigenvalue weighted by molar-refractivity contribution is 0.661. The summed E-state index contributed by atoms with van der Waals surface area (Å²) in [6, 6.07) is 74.9. The molecule has 0 amide bonds. The van der Waals surface area contributed by atoms with Gasteiger partial charge in [0.15, 0.2) is 17.5 Å². The molecule has 0 radical (unpaired) electrons. The second kappa shape index (κ2) is 15.0. The third kappa shape index (κ3) is 6.24. The first-order valence-electron chi connectivity index (χ1n) is 21.8. The van der Waals surface area contributed by atoms with Gasteiger partial charge in [-0.05, 0) is 81.9 Å². The maximum absolute atomic E-state index is 5.54. The summed E-state index contributed by atoms with van der Waals surface area (Å²) in [6.45, 7) is 4.70. The van der Waals surface area contributed by atoms with Crippen molar-refractivity contribution >= 4 is 21.8 Å². The highest BCUT2D eigenvalue weighted by molar-refractivity contribution is 6.12. The molecule has 5 nitrogen and oxygen atoms in total. The van der Waals surface area contributed by atoms with Crippen molar-refractivity contribution in [1.82, 2.24) is 24.5 Å². The minimum absolute atomic E-state index is 0.131. The molecule has 0 fully saturated rings. The summed E-state index contributed by atoms with van der Waals surface area (Å²) >= 11 is 0. The number of pyridine rings is 1. The molecule has 1 aliphatic rings.